The van der Waals surface area contributed by atoms with Crippen LogP contribution in [0.1, 0.15) is 19.8 Å². The van der Waals surface area contributed by atoms with Gasteiger partial charge in [-0.15, -0.1) is 0 Å². The predicted molar refractivity (Wildman–Crippen MR) is 49.0 cm³/mol. The van der Waals surface area contributed by atoms with Crippen molar-refractivity contribution in [3.63, 3.8) is 0 Å². The first-order chi connectivity index (χ1) is 6.15. The minimum Gasteiger partial charge on any atom is -0.394 e. The van der Waals surface area contributed by atoms with Gasteiger partial charge in [-0.05, 0) is 6.42 Å². The summed E-state index contributed by atoms with van der Waals surface area (Å²) in [6.45, 7) is 1.38. The molecule has 78 valence electrons. The molecular weight excluding hydrogens is 172 g/mol. The molecule has 0 saturated heterocycles. The summed E-state index contributed by atoms with van der Waals surface area (Å²) in [7, 11) is 0. The van der Waals surface area contributed by atoms with Gasteiger partial charge in [0.1, 0.15) is 0 Å². The number of carbonyl (C=O) groups excluding carboxylic acids is 1. The van der Waals surface area contributed by atoms with Gasteiger partial charge in [-0.3, -0.25) is 4.79 Å². The van der Waals surface area contributed by atoms with Gasteiger partial charge in [-0.25, -0.2) is 0 Å². The van der Waals surface area contributed by atoms with E-state index in [9.17, 15) is 4.79 Å². The molecule has 0 aromatic rings. The van der Waals surface area contributed by atoms with Crippen LogP contribution in [0.25, 0.3) is 0 Å². The number of hydrogen-bond donors (Lipinski definition) is 4. The summed E-state index contributed by atoms with van der Waals surface area (Å²) in [6, 6.07) is -1.15. The summed E-state index contributed by atoms with van der Waals surface area (Å²) < 4.78 is 0. The van der Waals surface area contributed by atoms with E-state index in [-0.39, 0.29) is 19.1 Å². The molecule has 0 radical (unpaired) electrons. The van der Waals surface area contributed by atoms with E-state index in [4.69, 9.17) is 15.9 Å². The van der Waals surface area contributed by atoms with Crippen LogP contribution >= 0.6 is 0 Å². The number of rotatable bonds is 6. The highest BCUT2D eigenvalue weighted by atomic mass is 16.3. The van der Waals surface area contributed by atoms with Crippen LogP contribution in [0, 0.1) is 0 Å². The van der Waals surface area contributed by atoms with Crippen LogP contribution < -0.4 is 11.1 Å². The molecule has 0 saturated carbocycles. The van der Waals surface area contributed by atoms with Crippen LogP contribution in [-0.2, 0) is 4.79 Å². The largest absolute Gasteiger partial charge is 0.394 e. The quantitative estimate of drug-likeness (QED) is 0.413. The number of aliphatic hydroxyl groups is 2. The van der Waals surface area contributed by atoms with Crippen molar-refractivity contribution in [2.24, 2.45) is 5.73 Å². The Morgan fingerprint density at radius 2 is 2.00 bits per heavy atom. The molecule has 0 heterocycles. The first kappa shape index (κ1) is 12.3. The minimum atomic E-state index is -0.601. The normalized spacial score (nSPS) is 13.0. The van der Waals surface area contributed by atoms with Gasteiger partial charge in [-0.2, -0.15) is 0 Å². The van der Waals surface area contributed by atoms with E-state index in [1.54, 1.807) is 0 Å². The minimum absolute atomic E-state index is 0.277. The molecule has 0 fully saturated rings. The van der Waals surface area contributed by atoms with Crippen molar-refractivity contribution < 1.29 is 15.0 Å². The zero-order chi connectivity index (χ0) is 10.3. The standard InChI is InChI=1S/C8H18N2O3/c1-2-3-7(9)8(13)10-6(4-11)5-12/h6-7,11-12H,2-5,9H2,1H3,(H,10,13)/t7-/m1/s1. The van der Waals surface area contributed by atoms with E-state index in [0.717, 1.165) is 6.42 Å². The van der Waals surface area contributed by atoms with Crippen molar-refractivity contribution in [2.45, 2.75) is 31.8 Å². The zero-order valence-corrected chi connectivity index (χ0v) is 7.86. The summed E-state index contributed by atoms with van der Waals surface area (Å²) in [4.78, 5) is 11.2. The highest BCUT2D eigenvalue weighted by Gasteiger charge is 2.15. The number of carbonyl (C=O) groups is 1. The molecule has 5 heteroatoms. The fourth-order valence-electron chi connectivity index (χ4n) is 0.899. The van der Waals surface area contributed by atoms with Crippen LogP contribution in [0.3, 0.4) is 0 Å². The molecule has 13 heavy (non-hydrogen) atoms. The summed E-state index contributed by atoms with van der Waals surface area (Å²) in [5.41, 5.74) is 5.51. The fraction of sp³-hybridized carbons (Fsp3) is 0.875. The number of hydrogen-bond acceptors (Lipinski definition) is 4. The average molecular weight is 190 g/mol. The van der Waals surface area contributed by atoms with E-state index in [1.807, 2.05) is 6.92 Å². The molecule has 0 aliphatic heterocycles. The maximum atomic E-state index is 11.2. The summed E-state index contributed by atoms with van der Waals surface area (Å²) in [6.07, 6.45) is 1.44. The van der Waals surface area contributed by atoms with Crippen LogP contribution in [0.5, 0.6) is 0 Å². The lowest BCUT2D eigenvalue weighted by Gasteiger charge is -2.16. The second kappa shape index (κ2) is 6.82. The molecule has 0 unspecified atom stereocenters. The Balaban J connectivity index is 3.83. The molecule has 0 aliphatic rings. The number of amides is 1. The van der Waals surface area contributed by atoms with Gasteiger partial charge >= 0.3 is 0 Å². The van der Waals surface area contributed by atoms with Gasteiger partial charge in [-0.1, -0.05) is 13.3 Å². The molecule has 0 spiro atoms. The molecule has 1 amide bonds. The first-order valence-corrected chi connectivity index (χ1v) is 4.43. The highest BCUT2D eigenvalue weighted by molar-refractivity contribution is 5.81. The number of nitrogens with two attached hydrogens (primary N) is 1. The van der Waals surface area contributed by atoms with Crippen molar-refractivity contribution in [1.82, 2.24) is 5.32 Å². The zero-order valence-electron chi connectivity index (χ0n) is 7.86. The van der Waals surface area contributed by atoms with Gasteiger partial charge in [0.2, 0.25) is 5.91 Å². The van der Waals surface area contributed by atoms with Gasteiger partial charge in [0.25, 0.3) is 0 Å². The van der Waals surface area contributed by atoms with Gasteiger partial charge in [0, 0.05) is 0 Å². The van der Waals surface area contributed by atoms with E-state index in [0.29, 0.717) is 6.42 Å². The SMILES string of the molecule is CCC[C@@H](N)C(=O)NC(CO)CO. The summed E-state index contributed by atoms with van der Waals surface area (Å²) >= 11 is 0. The smallest absolute Gasteiger partial charge is 0.237 e. The van der Waals surface area contributed by atoms with Crippen LogP contribution in [-0.4, -0.2) is 41.4 Å². The van der Waals surface area contributed by atoms with E-state index in [1.165, 1.54) is 0 Å². The third-order valence-electron chi connectivity index (χ3n) is 1.72. The molecule has 1 atom stereocenters. The Labute approximate surface area is 77.9 Å². The molecule has 0 bridgehead atoms. The van der Waals surface area contributed by atoms with Crippen molar-refractivity contribution >= 4 is 5.91 Å². The van der Waals surface area contributed by atoms with Crippen molar-refractivity contribution in [3.8, 4) is 0 Å². The predicted octanol–water partition coefficient (Wildman–Crippen LogP) is -1.42. The molecule has 0 aromatic heterocycles. The fourth-order valence-corrected chi connectivity index (χ4v) is 0.899. The average Bonchev–Trinajstić information content (AvgIpc) is 2.14. The monoisotopic (exact) mass is 190 g/mol. The van der Waals surface area contributed by atoms with Gasteiger partial charge in [0.15, 0.2) is 0 Å². The van der Waals surface area contributed by atoms with Gasteiger partial charge < -0.3 is 21.3 Å². The van der Waals surface area contributed by atoms with E-state index >= 15 is 0 Å². The Kier molecular flexibility index (Phi) is 6.48. The Hall–Kier alpha value is -0.650. The topological polar surface area (TPSA) is 95.6 Å². The van der Waals surface area contributed by atoms with Crippen molar-refractivity contribution in [3.05, 3.63) is 0 Å². The van der Waals surface area contributed by atoms with E-state index in [2.05, 4.69) is 5.32 Å². The molecular formula is C8H18N2O3. The highest BCUT2D eigenvalue weighted by Crippen LogP contribution is 1.93. The molecule has 0 rings (SSSR count). The summed E-state index contributed by atoms with van der Waals surface area (Å²) in [5.74, 6) is -0.324. The maximum Gasteiger partial charge on any atom is 0.237 e. The molecule has 0 aliphatic carbocycles. The van der Waals surface area contributed by atoms with Crippen molar-refractivity contribution in [2.75, 3.05) is 13.2 Å². The van der Waals surface area contributed by atoms with Crippen molar-refractivity contribution in [1.29, 1.82) is 0 Å². The number of aliphatic hydroxyl groups excluding tert-OH is 2. The Morgan fingerprint density at radius 1 is 1.46 bits per heavy atom. The lowest BCUT2D eigenvalue weighted by molar-refractivity contribution is -0.123. The maximum absolute atomic E-state index is 11.2. The molecule has 0 aromatic carbocycles. The number of nitrogens with one attached hydrogen (secondary N) is 1. The van der Waals surface area contributed by atoms with Crippen LogP contribution in [0.2, 0.25) is 0 Å². The lowest BCUT2D eigenvalue weighted by Crippen LogP contribution is -2.48. The first-order valence-electron chi connectivity index (χ1n) is 4.43. The third-order valence-corrected chi connectivity index (χ3v) is 1.72. The summed E-state index contributed by atoms with van der Waals surface area (Å²) in [5, 5.41) is 19.8. The molecule has 5 nitrogen and oxygen atoms in total. The Morgan fingerprint density at radius 3 is 2.38 bits per heavy atom. The second-order valence-corrected chi connectivity index (χ2v) is 2.97. The molecule has 5 N–H and O–H groups in total. The lowest BCUT2D eigenvalue weighted by atomic mass is 10.1. The third kappa shape index (κ3) is 4.82. The van der Waals surface area contributed by atoms with E-state index < -0.39 is 12.1 Å². The second-order valence-electron chi connectivity index (χ2n) is 2.97. The van der Waals surface area contributed by atoms with Gasteiger partial charge in [0.05, 0.1) is 25.3 Å². The van der Waals surface area contributed by atoms with Crippen LogP contribution in [0.15, 0.2) is 0 Å². The Bertz CT molecular complexity index is 148. The van der Waals surface area contributed by atoms with Crippen LogP contribution in [0.4, 0.5) is 0 Å².